The van der Waals surface area contributed by atoms with E-state index in [-0.39, 0.29) is 0 Å². The first kappa shape index (κ1) is 8.86. The first-order valence-electron chi connectivity index (χ1n) is 4.15. The summed E-state index contributed by atoms with van der Waals surface area (Å²) in [4.78, 5) is 0. The molecular formula is C11H7ClN2. The molecular weight excluding hydrogens is 196 g/mol. The highest BCUT2D eigenvalue weighted by Gasteiger charge is 2.06. The molecule has 2 nitrogen and oxygen atoms in total. The van der Waals surface area contributed by atoms with Crippen molar-refractivity contribution in [2.45, 2.75) is 0 Å². The molecule has 1 heterocycles. The molecule has 3 heteroatoms. The Morgan fingerprint density at radius 3 is 2.50 bits per heavy atom. The number of hydrogen-bond donors (Lipinski definition) is 0. The molecule has 0 aliphatic carbocycles. The summed E-state index contributed by atoms with van der Waals surface area (Å²) in [5, 5.41) is 9.44. The lowest BCUT2D eigenvalue weighted by molar-refractivity contribution is 1.07. The predicted molar refractivity (Wildman–Crippen MR) is 55.5 cm³/mol. The van der Waals surface area contributed by atoms with Gasteiger partial charge in [0.15, 0.2) is 0 Å². The monoisotopic (exact) mass is 202 g/mol. The Bertz CT molecular complexity index is 480. The number of aromatic nitrogens is 1. The maximum Gasteiger partial charge on any atom is 0.103 e. The van der Waals surface area contributed by atoms with Crippen molar-refractivity contribution in [3.8, 4) is 11.8 Å². The lowest BCUT2D eigenvalue weighted by Gasteiger charge is -2.05. The predicted octanol–water partition coefficient (Wildman–Crippen LogP) is 3.00. The van der Waals surface area contributed by atoms with E-state index in [1.807, 2.05) is 41.2 Å². The van der Waals surface area contributed by atoms with Crippen LogP contribution in [0.25, 0.3) is 5.69 Å². The van der Waals surface area contributed by atoms with Crippen LogP contribution >= 0.6 is 11.6 Å². The fourth-order valence-electron chi connectivity index (χ4n) is 1.33. The number of benzene rings is 1. The molecule has 0 atom stereocenters. The Hall–Kier alpha value is -1.72. The zero-order chi connectivity index (χ0) is 9.97. The molecule has 2 aromatic rings. The minimum atomic E-state index is 0.485. The van der Waals surface area contributed by atoms with Gasteiger partial charge in [-0.3, -0.25) is 0 Å². The lowest BCUT2D eigenvalue weighted by Crippen LogP contribution is -1.94. The normalized spacial score (nSPS) is 9.71. The number of nitrogens with zero attached hydrogens (tertiary/aromatic N) is 2. The van der Waals surface area contributed by atoms with Gasteiger partial charge in [0, 0.05) is 12.4 Å². The van der Waals surface area contributed by atoms with Gasteiger partial charge in [0.25, 0.3) is 0 Å². The van der Waals surface area contributed by atoms with Crippen molar-refractivity contribution >= 4 is 11.6 Å². The van der Waals surface area contributed by atoms with Crippen LogP contribution in [0.15, 0.2) is 42.7 Å². The van der Waals surface area contributed by atoms with E-state index in [4.69, 9.17) is 16.9 Å². The summed E-state index contributed by atoms with van der Waals surface area (Å²) in [7, 11) is 0. The number of hydrogen-bond acceptors (Lipinski definition) is 1. The quantitative estimate of drug-likeness (QED) is 0.699. The van der Waals surface area contributed by atoms with Gasteiger partial charge in [-0.1, -0.05) is 17.7 Å². The first-order valence-corrected chi connectivity index (χ1v) is 4.52. The third-order valence-electron chi connectivity index (χ3n) is 1.99. The summed E-state index contributed by atoms with van der Waals surface area (Å²) < 4.78 is 1.87. The molecule has 0 aliphatic heterocycles. The van der Waals surface area contributed by atoms with E-state index in [1.165, 1.54) is 0 Å². The maximum absolute atomic E-state index is 8.95. The summed E-state index contributed by atoms with van der Waals surface area (Å²) in [6.45, 7) is 0. The van der Waals surface area contributed by atoms with Crippen molar-refractivity contribution in [3.63, 3.8) is 0 Å². The van der Waals surface area contributed by atoms with E-state index >= 15 is 0 Å². The number of rotatable bonds is 1. The Balaban J connectivity index is 2.66. The summed E-state index contributed by atoms with van der Waals surface area (Å²) in [5.74, 6) is 0. The number of nitriles is 1. The molecule has 1 aromatic carbocycles. The molecule has 0 bridgehead atoms. The minimum Gasteiger partial charge on any atom is -0.323 e. The van der Waals surface area contributed by atoms with Crippen LogP contribution in [0.2, 0.25) is 5.02 Å². The second kappa shape index (κ2) is 3.57. The molecule has 14 heavy (non-hydrogen) atoms. The van der Waals surface area contributed by atoms with Crippen molar-refractivity contribution < 1.29 is 0 Å². The van der Waals surface area contributed by atoms with E-state index in [1.54, 1.807) is 6.07 Å². The molecule has 68 valence electrons. The molecule has 0 aliphatic rings. The van der Waals surface area contributed by atoms with Gasteiger partial charge in [0.05, 0.1) is 16.3 Å². The van der Waals surface area contributed by atoms with Crippen molar-refractivity contribution in [1.82, 2.24) is 4.57 Å². The smallest absolute Gasteiger partial charge is 0.103 e. The van der Waals surface area contributed by atoms with Crippen LogP contribution in [0.4, 0.5) is 0 Å². The average molecular weight is 203 g/mol. The summed E-state index contributed by atoms with van der Waals surface area (Å²) in [6, 6.07) is 11.3. The second-order valence-electron chi connectivity index (χ2n) is 2.84. The van der Waals surface area contributed by atoms with Crippen molar-refractivity contribution in [1.29, 1.82) is 5.26 Å². The fourth-order valence-corrected chi connectivity index (χ4v) is 1.55. The summed E-state index contributed by atoms with van der Waals surface area (Å²) in [6.07, 6.45) is 3.76. The van der Waals surface area contributed by atoms with Crippen LogP contribution < -0.4 is 0 Å². The molecule has 0 fully saturated rings. The molecule has 0 saturated carbocycles. The molecule has 0 spiro atoms. The minimum absolute atomic E-state index is 0.485. The Labute approximate surface area is 87.0 Å². The average Bonchev–Trinajstić information content (AvgIpc) is 2.70. The first-order chi connectivity index (χ1) is 6.83. The molecule has 0 radical (unpaired) electrons. The third-order valence-corrected chi connectivity index (χ3v) is 2.30. The number of halogens is 1. The van der Waals surface area contributed by atoms with E-state index in [0.717, 1.165) is 5.69 Å². The van der Waals surface area contributed by atoms with Crippen molar-refractivity contribution in [2.75, 3.05) is 0 Å². The third kappa shape index (κ3) is 1.39. The highest BCUT2D eigenvalue weighted by atomic mass is 35.5. The van der Waals surface area contributed by atoms with Crippen LogP contribution in [0.3, 0.4) is 0 Å². The largest absolute Gasteiger partial charge is 0.323 e. The summed E-state index contributed by atoms with van der Waals surface area (Å²) >= 11 is 5.91. The molecule has 2 rings (SSSR count). The van der Waals surface area contributed by atoms with Gasteiger partial charge in [-0.05, 0) is 24.3 Å². The SMILES string of the molecule is N#Cc1c(Cl)cccc1-n1cccc1. The second-order valence-corrected chi connectivity index (χ2v) is 3.24. The molecule has 0 saturated heterocycles. The van der Waals surface area contributed by atoms with Crippen LogP contribution in [0.1, 0.15) is 5.56 Å². The molecule has 0 unspecified atom stereocenters. The van der Waals surface area contributed by atoms with Gasteiger partial charge >= 0.3 is 0 Å². The van der Waals surface area contributed by atoms with Gasteiger partial charge in [0.1, 0.15) is 6.07 Å². The Morgan fingerprint density at radius 1 is 1.14 bits per heavy atom. The van der Waals surface area contributed by atoms with Crippen LogP contribution in [0.5, 0.6) is 0 Å². The van der Waals surface area contributed by atoms with Gasteiger partial charge in [-0.15, -0.1) is 0 Å². The highest BCUT2D eigenvalue weighted by Crippen LogP contribution is 2.22. The van der Waals surface area contributed by atoms with E-state index in [9.17, 15) is 0 Å². The van der Waals surface area contributed by atoms with Crippen molar-refractivity contribution in [2.24, 2.45) is 0 Å². The van der Waals surface area contributed by atoms with Gasteiger partial charge in [-0.2, -0.15) is 5.26 Å². The van der Waals surface area contributed by atoms with Gasteiger partial charge < -0.3 is 4.57 Å². The summed E-state index contributed by atoms with van der Waals surface area (Å²) in [5.41, 5.74) is 1.32. The van der Waals surface area contributed by atoms with E-state index < -0.39 is 0 Å². The topological polar surface area (TPSA) is 28.7 Å². The van der Waals surface area contributed by atoms with Crippen LogP contribution in [-0.2, 0) is 0 Å². The Kier molecular flexibility index (Phi) is 2.26. The van der Waals surface area contributed by atoms with Gasteiger partial charge in [-0.25, -0.2) is 0 Å². The van der Waals surface area contributed by atoms with E-state index in [0.29, 0.717) is 10.6 Å². The van der Waals surface area contributed by atoms with E-state index in [2.05, 4.69) is 6.07 Å². The zero-order valence-corrected chi connectivity index (χ0v) is 8.07. The van der Waals surface area contributed by atoms with Gasteiger partial charge in [0.2, 0.25) is 0 Å². The molecule has 0 N–H and O–H groups in total. The zero-order valence-electron chi connectivity index (χ0n) is 7.31. The standard InChI is InChI=1S/C11H7ClN2/c12-10-4-3-5-11(9(10)8-13)14-6-1-2-7-14/h1-7H. The molecule has 0 amide bonds. The Morgan fingerprint density at radius 2 is 1.86 bits per heavy atom. The maximum atomic E-state index is 8.95. The van der Waals surface area contributed by atoms with Crippen LogP contribution in [-0.4, -0.2) is 4.57 Å². The van der Waals surface area contributed by atoms with Crippen LogP contribution in [0, 0.1) is 11.3 Å². The fraction of sp³-hybridized carbons (Fsp3) is 0. The lowest BCUT2D eigenvalue weighted by atomic mass is 10.2. The van der Waals surface area contributed by atoms with Crippen molar-refractivity contribution in [3.05, 3.63) is 53.3 Å². The molecule has 1 aromatic heterocycles. The highest BCUT2D eigenvalue weighted by molar-refractivity contribution is 6.32.